The molecule has 0 unspecified atom stereocenters. The smallest absolute Gasteiger partial charge is 0.416 e. The summed E-state index contributed by atoms with van der Waals surface area (Å²) in [5, 5.41) is 6.64. The number of rotatable bonds is 4. The van der Waals surface area contributed by atoms with Crippen molar-refractivity contribution in [3.8, 4) is 17.0 Å². The number of nitrogens with one attached hydrogen (secondary N) is 1. The fourth-order valence-electron chi connectivity index (χ4n) is 2.21. The van der Waals surface area contributed by atoms with Crippen molar-refractivity contribution in [3.05, 3.63) is 71.7 Å². The average Bonchev–Trinajstić information content (AvgIpc) is 3.01. The van der Waals surface area contributed by atoms with Crippen molar-refractivity contribution in [1.82, 2.24) is 10.2 Å². The molecule has 1 heterocycles. The highest BCUT2D eigenvalue weighted by atomic mass is 19.4. The highest BCUT2D eigenvalue weighted by Crippen LogP contribution is 2.31. The van der Waals surface area contributed by atoms with E-state index in [-0.39, 0.29) is 6.61 Å². The fraction of sp³-hybridized carbons (Fsp3) is 0.118. The van der Waals surface area contributed by atoms with Gasteiger partial charge in [0.25, 0.3) is 0 Å². The highest BCUT2D eigenvalue weighted by Gasteiger charge is 2.30. The van der Waals surface area contributed by atoms with Crippen molar-refractivity contribution in [3.63, 3.8) is 0 Å². The summed E-state index contributed by atoms with van der Waals surface area (Å²) in [7, 11) is 0. The number of aromatic nitrogens is 2. The van der Waals surface area contributed by atoms with Gasteiger partial charge in [0, 0.05) is 11.6 Å². The number of aromatic amines is 1. The van der Waals surface area contributed by atoms with Gasteiger partial charge in [0.1, 0.15) is 18.2 Å². The second kappa shape index (κ2) is 6.35. The number of hydrogen-bond donors (Lipinski definition) is 1. The molecule has 1 aromatic heterocycles. The standard InChI is InChI=1S/C17H12F4N2O/c18-14-2-1-3-15(8-14)24-10-12-9-22-23-16(12)11-4-6-13(7-5-11)17(19,20)21/h1-9H,10H2,(H,22,23). The number of nitrogens with zero attached hydrogens (tertiary/aromatic N) is 1. The molecule has 0 bridgehead atoms. The largest absolute Gasteiger partial charge is 0.489 e. The van der Waals surface area contributed by atoms with Crippen molar-refractivity contribution < 1.29 is 22.3 Å². The maximum Gasteiger partial charge on any atom is 0.416 e. The summed E-state index contributed by atoms with van der Waals surface area (Å²) < 4.78 is 56.4. The Morgan fingerprint density at radius 3 is 2.46 bits per heavy atom. The van der Waals surface area contributed by atoms with Gasteiger partial charge in [-0.2, -0.15) is 18.3 Å². The minimum absolute atomic E-state index is 0.107. The summed E-state index contributed by atoms with van der Waals surface area (Å²) >= 11 is 0. The van der Waals surface area contributed by atoms with Crippen LogP contribution in [0.3, 0.4) is 0 Å². The van der Waals surface area contributed by atoms with E-state index < -0.39 is 17.6 Å². The lowest BCUT2D eigenvalue weighted by atomic mass is 10.1. The number of halogens is 4. The van der Waals surface area contributed by atoms with E-state index >= 15 is 0 Å². The highest BCUT2D eigenvalue weighted by molar-refractivity contribution is 5.63. The average molecular weight is 336 g/mol. The maximum absolute atomic E-state index is 13.1. The first-order chi connectivity index (χ1) is 11.4. The van der Waals surface area contributed by atoms with E-state index in [2.05, 4.69) is 10.2 Å². The Kier molecular flexibility index (Phi) is 4.24. The number of H-pyrrole nitrogens is 1. The van der Waals surface area contributed by atoms with Gasteiger partial charge in [-0.1, -0.05) is 18.2 Å². The molecule has 0 amide bonds. The molecule has 0 atom stereocenters. The molecular weight excluding hydrogens is 324 g/mol. The topological polar surface area (TPSA) is 37.9 Å². The Morgan fingerprint density at radius 2 is 1.79 bits per heavy atom. The predicted octanol–water partition coefficient (Wildman–Crippen LogP) is 4.81. The molecule has 1 N–H and O–H groups in total. The van der Waals surface area contributed by atoms with Crippen LogP contribution >= 0.6 is 0 Å². The van der Waals surface area contributed by atoms with E-state index in [9.17, 15) is 17.6 Å². The van der Waals surface area contributed by atoms with Crippen molar-refractivity contribution >= 4 is 0 Å². The Bertz CT molecular complexity index is 825. The van der Waals surface area contributed by atoms with Gasteiger partial charge in [-0.15, -0.1) is 0 Å². The summed E-state index contributed by atoms with van der Waals surface area (Å²) in [6.07, 6.45) is -2.86. The van der Waals surface area contributed by atoms with Gasteiger partial charge in [0.15, 0.2) is 0 Å². The second-order valence-corrected chi connectivity index (χ2v) is 5.09. The Hall–Kier alpha value is -2.83. The van der Waals surface area contributed by atoms with Gasteiger partial charge in [-0.05, 0) is 29.8 Å². The van der Waals surface area contributed by atoms with Crippen LogP contribution in [0.1, 0.15) is 11.1 Å². The predicted molar refractivity (Wildman–Crippen MR) is 79.8 cm³/mol. The summed E-state index contributed by atoms with van der Waals surface area (Å²) in [4.78, 5) is 0. The molecule has 0 spiro atoms. The summed E-state index contributed by atoms with van der Waals surface area (Å²) in [5.41, 5.74) is 1.04. The molecule has 2 aromatic carbocycles. The molecule has 0 radical (unpaired) electrons. The molecule has 0 saturated heterocycles. The number of benzene rings is 2. The van der Waals surface area contributed by atoms with Crippen molar-refractivity contribution in [2.75, 3.05) is 0 Å². The van der Waals surface area contributed by atoms with Crippen LogP contribution in [0.25, 0.3) is 11.3 Å². The monoisotopic (exact) mass is 336 g/mol. The van der Waals surface area contributed by atoms with Crippen LogP contribution in [0.4, 0.5) is 17.6 Å². The van der Waals surface area contributed by atoms with Crippen LogP contribution in [0.5, 0.6) is 5.75 Å². The Balaban J connectivity index is 1.78. The van der Waals surface area contributed by atoms with Crippen molar-refractivity contribution in [2.45, 2.75) is 12.8 Å². The molecular formula is C17H12F4N2O. The van der Waals surface area contributed by atoms with Crippen molar-refractivity contribution in [1.29, 1.82) is 0 Å². The van der Waals surface area contributed by atoms with Gasteiger partial charge in [0.05, 0.1) is 17.5 Å². The zero-order chi connectivity index (χ0) is 17.2. The first kappa shape index (κ1) is 16.0. The number of alkyl halides is 3. The first-order valence-corrected chi connectivity index (χ1v) is 7.02. The second-order valence-electron chi connectivity index (χ2n) is 5.09. The van der Waals surface area contributed by atoms with Crippen LogP contribution < -0.4 is 4.74 Å². The van der Waals surface area contributed by atoms with E-state index in [1.54, 1.807) is 6.07 Å². The third-order valence-electron chi connectivity index (χ3n) is 3.41. The summed E-state index contributed by atoms with van der Waals surface area (Å²) in [6.45, 7) is 0.107. The van der Waals surface area contributed by atoms with Crippen LogP contribution in [0.2, 0.25) is 0 Å². The Morgan fingerprint density at radius 1 is 1.04 bits per heavy atom. The molecule has 0 fully saturated rings. The van der Waals surface area contributed by atoms with Crippen LogP contribution in [-0.2, 0) is 12.8 Å². The third-order valence-corrected chi connectivity index (χ3v) is 3.41. The molecule has 0 saturated carbocycles. The molecule has 0 aliphatic rings. The van der Waals surface area contributed by atoms with E-state index in [0.717, 1.165) is 12.1 Å². The molecule has 0 aliphatic carbocycles. The zero-order valence-corrected chi connectivity index (χ0v) is 12.3. The first-order valence-electron chi connectivity index (χ1n) is 7.02. The maximum atomic E-state index is 13.1. The van der Waals surface area contributed by atoms with Gasteiger partial charge in [-0.25, -0.2) is 4.39 Å². The molecule has 24 heavy (non-hydrogen) atoms. The lowest BCUT2D eigenvalue weighted by Crippen LogP contribution is -2.04. The SMILES string of the molecule is Fc1cccc(OCc2cn[nH]c2-c2ccc(C(F)(F)F)cc2)c1. The van der Waals surface area contributed by atoms with E-state index in [1.165, 1.54) is 36.5 Å². The van der Waals surface area contributed by atoms with Crippen LogP contribution in [0.15, 0.2) is 54.7 Å². The lowest BCUT2D eigenvalue weighted by Gasteiger charge is -2.09. The normalized spacial score (nSPS) is 11.5. The van der Waals surface area contributed by atoms with Crippen LogP contribution in [-0.4, -0.2) is 10.2 Å². The Labute approximate surface area is 134 Å². The number of hydrogen-bond acceptors (Lipinski definition) is 2. The zero-order valence-electron chi connectivity index (χ0n) is 12.3. The van der Waals surface area contributed by atoms with E-state index in [0.29, 0.717) is 22.6 Å². The van der Waals surface area contributed by atoms with Crippen molar-refractivity contribution in [2.24, 2.45) is 0 Å². The van der Waals surface area contributed by atoms with Crippen LogP contribution in [0, 0.1) is 5.82 Å². The van der Waals surface area contributed by atoms with Gasteiger partial charge >= 0.3 is 6.18 Å². The fourth-order valence-corrected chi connectivity index (χ4v) is 2.21. The van der Waals surface area contributed by atoms with Gasteiger partial charge < -0.3 is 4.74 Å². The minimum atomic E-state index is -4.38. The summed E-state index contributed by atoms with van der Waals surface area (Å²) in [6, 6.07) is 10.4. The van der Waals surface area contributed by atoms with E-state index in [4.69, 9.17) is 4.74 Å². The summed E-state index contributed by atoms with van der Waals surface area (Å²) in [5.74, 6) is -0.0581. The molecule has 7 heteroatoms. The quantitative estimate of drug-likeness (QED) is 0.694. The minimum Gasteiger partial charge on any atom is -0.489 e. The molecule has 3 nitrogen and oxygen atoms in total. The van der Waals surface area contributed by atoms with Gasteiger partial charge in [0.2, 0.25) is 0 Å². The molecule has 124 valence electrons. The van der Waals surface area contributed by atoms with Gasteiger partial charge in [-0.3, -0.25) is 5.10 Å². The van der Waals surface area contributed by atoms with E-state index in [1.807, 2.05) is 0 Å². The third kappa shape index (κ3) is 3.56. The molecule has 3 rings (SSSR count). The molecule has 0 aliphatic heterocycles. The molecule has 3 aromatic rings. The number of ether oxygens (including phenoxy) is 1. The lowest BCUT2D eigenvalue weighted by molar-refractivity contribution is -0.137.